The number of ether oxygens (including phenoxy) is 2. The van der Waals surface area contributed by atoms with Gasteiger partial charge in [0, 0.05) is 24.6 Å². The molecule has 0 aliphatic rings. The third-order valence-corrected chi connectivity index (χ3v) is 6.55. The molecule has 45 heavy (non-hydrogen) atoms. The Bertz CT molecular complexity index is 1910. The van der Waals surface area contributed by atoms with Crippen molar-refractivity contribution in [1.82, 2.24) is 14.8 Å². The summed E-state index contributed by atoms with van der Waals surface area (Å²) < 4.78 is 73.3. The number of carbonyl (C=O) groups excluding carboxylic acids is 2. The number of hydrogen-bond donors (Lipinski definition) is 1. The number of esters is 1. The first-order valence-electron chi connectivity index (χ1n) is 13.4. The Hall–Kier alpha value is -4.91. The molecule has 2 aromatic heterocycles. The lowest BCUT2D eigenvalue weighted by atomic mass is 10.1. The van der Waals surface area contributed by atoms with Crippen molar-refractivity contribution < 1.29 is 41.0 Å². The molecule has 0 aliphatic carbocycles. The van der Waals surface area contributed by atoms with Gasteiger partial charge in [0.25, 0.3) is 5.91 Å². The second-order valence-electron chi connectivity index (χ2n) is 10.9. The van der Waals surface area contributed by atoms with Crippen LogP contribution in [0.2, 0.25) is 5.02 Å². The van der Waals surface area contributed by atoms with Gasteiger partial charge in [0.15, 0.2) is 17.2 Å². The summed E-state index contributed by atoms with van der Waals surface area (Å²) in [7, 11) is 0. The van der Waals surface area contributed by atoms with Crippen molar-refractivity contribution in [3.8, 4) is 11.6 Å². The summed E-state index contributed by atoms with van der Waals surface area (Å²) in [5.41, 5.74) is -0.969. The summed E-state index contributed by atoms with van der Waals surface area (Å²) in [5, 5.41) is 5.27. The van der Waals surface area contributed by atoms with Crippen LogP contribution in [0.5, 0.6) is 5.88 Å². The van der Waals surface area contributed by atoms with Crippen molar-refractivity contribution in [2.45, 2.75) is 46.1 Å². The Kier molecular flexibility index (Phi) is 8.32. The van der Waals surface area contributed by atoms with Gasteiger partial charge >= 0.3 is 12.1 Å². The Morgan fingerprint density at radius 1 is 1.02 bits per heavy atom. The molecule has 0 saturated carbocycles. The number of oxazole rings is 1. The number of carbonyl (C=O) groups is 2. The first-order chi connectivity index (χ1) is 21.1. The van der Waals surface area contributed by atoms with Crippen LogP contribution in [-0.2, 0) is 17.5 Å². The molecule has 0 saturated heterocycles. The number of anilines is 1. The molecule has 1 amide bonds. The molecule has 9 nitrogen and oxygen atoms in total. The van der Waals surface area contributed by atoms with E-state index in [-0.39, 0.29) is 40.2 Å². The Morgan fingerprint density at radius 2 is 1.73 bits per heavy atom. The van der Waals surface area contributed by atoms with Crippen molar-refractivity contribution in [1.29, 1.82) is 0 Å². The average molecular weight is 645 g/mol. The summed E-state index contributed by atoms with van der Waals surface area (Å²) in [6.45, 7) is 6.56. The topological polar surface area (TPSA) is 108 Å². The maximum atomic E-state index is 14.6. The smallest absolute Gasteiger partial charge is 0.436 e. The van der Waals surface area contributed by atoms with Crippen molar-refractivity contribution in [2.75, 3.05) is 5.32 Å². The van der Waals surface area contributed by atoms with E-state index in [4.69, 9.17) is 25.5 Å². The van der Waals surface area contributed by atoms with Gasteiger partial charge in [-0.25, -0.2) is 14.2 Å². The van der Waals surface area contributed by atoms with Gasteiger partial charge in [-0.2, -0.15) is 23.0 Å². The van der Waals surface area contributed by atoms with E-state index in [1.807, 2.05) is 0 Å². The number of fused-ring (bicyclic) bond motifs is 1. The maximum absolute atomic E-state index is 14.6. The molecule has 234 valence electrons. The first kappa shape index (κ1) is 31.5. The van der Waals surface area contributed by atoms with E-state index in [0.717, 1.165) is 10.7 Å². The van der Waals surface area contributed by atoms with Gasteiger partial charge in [-0.05, 0) is 56.7 Å². The zero-order chi connectivity index (χ0) is 32.7. The predicted molar refractivity (Wildman–Crippen MR) is 156 cm³/mol. The molecule has 0 atom stereocenters. The number of nitrogens with zero attached hydrogens (tertiary/aromatic N) is 3. The van der Waals surface area contributed by atoms with Crippen LogP contribution in [0.4, 0.5) is 23.2 Å². The lowest BCUT2D eigenvalue weighted by Gasteiger charge is -2.19. The fraction of sp³-hybridized carbons (Fsp3) is 0.226. The summed E-state index contributed by atoms with van der Waals surface area (Å²) in [6.07, 6.45) is -4.92. The highest BCUT2D eigenvalue weighted by atomic mass is 35.5. The molecule has 3 aromatic carbocycles. The molecule has 1 N–H and O–H groups in total. The minimum absolute atomic E-state index is 0.0112. The van der Waals surface area contributed by atoms with E-state index in [1.54, 1.807) is 39.8 Å². The second kappa shape index (κ2) is 11.9. The fourth-order valence-corrected chi connectivity index (χ4v) is 4.50. The van der Waals surface area contributed by atoms with E-state index < -0.39 is 46.1 Å². The SMILES string of the molecule is Cc1nc2cc(F)c(NC(=O)c3cccc(-n4nc(C(F)(F)F)c(Cl)c4OCc4ccc(C(=O)OC(C)(C)C)cc4)c3)cc2o1. The normalized spacial score (nSPS) is 11.9. The molecule has 2 heterocycles. The van der Waals surface area contributed by atoms with Gasteiger partial charge in [-0.15, -0.1) is 0 Å². The third kappa shape index (κ3) is 7.09. The lowest BCUT2D eigenvalue weighted by Crippen LogP contribution is -2.23. The van der Waals surface area contributed by atoms with Crippen molar-refractivity contribution in [2.24, 2.45) is 0 Å². The van der Waals surface area contributed by atoms with Gasteiger partial charge in [-0.1, -0.05) is 29.8 Å². The Morgan fingerprint density at radius 3 is 2.40 bits per heavy atom. The van der Waals surface area contributed by atoms with Crippen LogP contribution in [0, 0.1) is 12.7 Å². The summed E-state index contributed by atoms with van der Waals surface area (Å²) in [6, 6.07) is 13.9. The van der Waals surface area contributed by atoms with E-state index in [2.05, 4.69) is 15.4 Å². The quantitative estimate of drug-likeness (QED) is 0.142. The maximum Gasteiger partial charge on any atom is 0.436 e. The highest BCUT2D eigenvalue weighted by molar-refractivity contribution is 6.32. The van der Waals surface area contributed by atoms with Gasteiger partial charge < -0.3 is 19.2 Å². The minimum Gasteiger partial charge on any atom is -0.472 e. The summed E-state index contributed by atoms with van der Waals surface area (Å²) >= 11 is 6.11. The molecule has 0 fully saturated rings. The molecule has 5 rings (SSSR count). The Labute approximate surface area is 258 Å². The van der Waals surface area contributed by atoms with Gasteiger partial charge in [0.05, 0.1) is 16.9 Å². The molecular formula is C31H25ClF4N4O5. The zero-order valence-corrected chi connectivity index (χ0v) is 25.0. The summed E-state index contributed by atoms with van der Waals surface area (Å²) in [4.78, 5) is 29.4. The van der Waals surface area contributed by atoms with Crippen LogP contribution in [0.15, 0.2) is 65.1 Å². The number of alkyl halides is 3. The zero-order valence-electron chi connectivity index (χ0n) is 24.3. The monoisotopic (exact) mass is 644 g/mol. The van der Waals surface area contributed by atoms with E-state index in [0.29, 0.717) is 11.5 Å². The summed E-state index contributed by atoms with van der Waals surface area (Å²) in [5.74, 6) is -2.18. The highest BCUT2D eigenvalue weighted by Gasteiger charge is 2.40. The molecule has 0 aliphatic heterocycles. The van der Waals surface area contributed by atoms with Crippen LogP contribution < -0.4 is 10.1 Å². The molecule has 0 bridgehead atoms. The standard InChI is InChI=1S/C31H25ClF4N4O5/c1-16-37-23-13-21(33)22(14-24(23)44-16)38-27(41)19-6-5-7-20(12-19)40-28(25(32)26(39-40)31(34,35)36)43-15-17-8-10-18(11-9-17)29(42)45-30(2,3)4/h5-14H,15H2,1-4H3,(H,38,41). The molecule has 0 radical (unpaired) electrons. The number of hydrogen-bond acceptors (Lipinski definition) is 7. The first-order valence-corrected chi connectivity index (χ1v) is 13.8. The third-order valence-electron chi connectivity index (χ3n) is 6.21. The van der Waals surface area contributed by atoms with Gasteiger partial charge in [-0.3, -0.25) is 4.79 Å². The van der Waals surface area contributed by atoms with Crippen molar-refractivity contribution in [3.63, 3.8) is 0 Å². The van der Waals surface area contributed by atoms with Crippen molar-refractivity contribution >= 4 is 40.3 Å². The van der Waals surface area contributed by atoms with Crippen LogP contribution in [0.3, 0.4) is 0 Å². The lowest BCUT2D eigenvalue weighted by molar-refractivity contribution is -0.141. The minimum atomic E-state index is -4.92. The molecule has 0 spiro atoms. The van der Waals surface area contributed by atoms with Crippen LogP contribution >= 0.6 is 11.6 Å². The molecule has 5 aromatic rings. The Balaban J connectivity index is 1.40. The number of nitrogens with one attached hydrogen (secondary N) is 1. The average Bonchev–Trinajstić information content (AvgIpc) is 3.49. The second-order valence-corrected chi connectivity index (χ2v) is 11.3. The fourth-order valence-electron chi connectivity index (χ4n) is 4.22. The number of amides is 1. The van der Waals surface area contributed by atoms with Crippen LogP contribution in [0.1, 0.15) is 58.6 Å². The molecule has 0 unspecified atom stereocenters. The van der Waals surface area contributed by atoms with Gasteiger partial charge in [0.2, 0.25) is 5.88 Å². The van der Waals surface area contributed by atoms with E-state index in [1.165, 1.54) is 42.5 Å². The predicted octanol–water partition coefficient (Wildman–Crippen LogP) is 7.92. The number of aromatic nitrogens is 3. The van der Waals surface area contributed by atoms with Crippen molar-refractivity contribution in [3.05, 3.63) is 99.8 Å². The number of aryl methyl sites for hydroxylation is 1. The number of halogens is 5. The van der Waals surface area contributed by atoms with Crippen LogP contribution in [0.25, 0.3) is 16.8 Å². The largest absolute Gasteiger partial charge is 0.472 e. The van der Waals surface area contributed by atoms with E-state index >= 15 is 0 Å². The number of rotatable bonds is 7. The molecule has 14 heteroatoms. The van der Waals surface area contributed by atoms with Gasteiger partial charge in [0.1, 0.15) is 28.6 Å². The molecular weight excluding hydrogens is 620 g/mol. The highest BCUT2D eigenvalue weighted by Crippen LogP contribution is 2.40. The number of benzene rings is 3. The van der Waals surface area contributed by atoms with Crippen LogP contribution in [-0.4, -0.2) is 32.2 Å². The van der Waals surface area contributed by atoms with E-state index in [9.17, 15) is 27.2 Å².